The first-order chi connectivity index (χ1) is 10.1. The zero-order valence-corrected chi connectivity index (χ0v) is 12.9. The molecule has 0 unspecified atom stereocenters. The van der Waals surface area contributed by atoms with Crippen molar-refractivity contribution in [2.75, 3.05) is 20.3 Å². The number of nitrogens with one attached hydrogen (secondary N) is 1. The van der Waals surface area contributed by atoms with E-state index in [0.717, 1.165) is 11.3 Å². The summed E-state index contributed by atoms with van der Waals surface area (Å²) in [5, 5.41) is 3.24. The van der Waals surface area contributed by atoms with Gasteiger partial charge in [-0.05, 0) is 45.0 Å². The lowest BCUT2D eigenvalue weighted by Crippen LogP contribution is -2.17. The number of esters is 1. The lowest BCUT2D eigenvalue weighted by molar-refractivity contribution is -0.143. The first kappa shape index (κ1) is 17.2. The van der Waals surface area contributed by atoms with Crippen molar-refractivity contribution in [1.29, 1.82) is 0 Å². The van der Waals surface area contributed by atoms with Crippen LogP contribution in [0.3, 0.4) is 0 Å². The van der Waals surface area contributed by atoms with Crippen LogP contribution in [0.15, 0.2) is 18.2 Å². The molecule has 5 nitrogen and oxygen atoms in total. The van der Waals surface area contributed by atoms with Gasteiger partial charge in [-0.2, -0.15) is 0 Å². The van der Waals surface area contributed by atoms with Gasteiger partial charge in [0.05, 0.1) is 13.7 Å². The summed E-state index contributed by atoms with van der Waals surface area (Å²) in [6.45, 7) is 5.05. The molecule has 0 bridgehead atoms. The Bertz CT molecular complexity index is 485. The lowest BCUT2D eigenvalue weighted by atomic mass is 10.1. The predicted molar refractivity (Wildman–Crippen MR) is 80.6 cm³/mol. The molecule has 0 aliphatic rings. The molecule has 0 atom stereocenters. The van der Waals surface area contributed by atoms with Crippen LogP contribution in [0.2, 0.25) is 0 Å². The molecule has 0 fully saturated rings. The van der Waals surface area contributed by atoms with Gasteiger partial charge in [-0.15, -0.1) is 0 Å². The lowest BCUT2D eigenvalue weighted by Gasteiger charge is -2.11. The number of benzene rings is 1. The van der Waals surface area contributed by atoms with E-state index < -0.39 is 0 Å². The highest BCUT2D eigenvalue weighted by atomic mass is 16.5. The van der Waals surface area contributed by atoms with Crippen LogP contribution >= 0.6 is 0 Å². The fourth-order valence-electron chi connectivity index (χ4n) is 1.95. The normalized spacial score (nSPS) is 10.2. The molecule has 0 aliphatic heterocycles. The smallest absolute Gasteiger partial charge is 0.305 e. The number of hydrogen-bond donors (Lipinski definition) is 1. The zero-order chi connectivity index (χ0) is 15.7. The number of hydrogen-bond acceptors (Lipinski definition) is 5. The second-order valence-corrected chi connectivity index (χ2v) is 4.67. The largest absolute Gasteiger partial charge is 0.496 e. The third-order valence-electron chi connectivity index (χ3n) is 3.04. The summed E-state index contributed by atoms with van der Waals surface area (Å²) < 4.78 is 10.1. The van der Waals surface area contributed by atoms with E-state index in [1.54, 1.807) is 33.1 Å². The van der Waals surface area contributed by atoms with Crippen LogP contribution in [0.1, 0.15) is 42.6 Å². The molecule has 1 aromatic carbocycles. The Hall–Kier alpha value is -1.88. The molecule has 0 spiro atoms. The molecule has 0 saturated carbocycles. The minimum atomic E-state index is -0.171. The molecule has 1 aromatic rings. The molecule has 0 amide bonds. The highest BCUT2D eigenvalue weighted by Gasteiger charge is 2.07. The number of Topliss-reactive ketones (excluding diaryl/α,β-unsaturated/α-hetero) is 1. The van der Waals surface area contributed by atoms with E-state index in [2.05, 4.69) is 5.32 Å². The summed E-state index contributed by atoms with van der Waals surface area (Å²) in [4.78, 5) is 22.6. The van der Waals surface area contributed by atoms with E-state index in [-0.39, 0.29) is 11.8 Å². The molecule has 0 aromatic heterocycles. The van der Waals surface area contributed by atoms with E-state index in [0.29, 0.717) is 38.1 Å². The van der Waals surface area contributed by atoms with Gasteiger partial charge < -0.3 is 14.8 Å². The maximum atomic E-state index is 11.4. The molecular formula is C16H23NO4. The number of carbonyl (C=O) groups excluding carboxylic acids is 2. The van der Waals surface area contributed by atoms with Crippen molar-refractivity contribution in [3.8, 4) is 5.75 Å². The van der Waals surface area contributed by atoms with Crippen LogP contribution in [0.25, 0.3) is 0 Å². The van der Waals surface area contributed by atoms with Crippen molar-refractivity contribution in [2.45, 2.75) is 33.2 Å². The van der Waals surface area contributed by atoms with Gasteiger partial charge in [-0.3, -0.25) is 9.59 Å². The molecule has 0 heterocycles. The summed E-state index contributed by atoms with van der Waals surface area (Å²) in [5.74, 6) is 0.606. The van der Waals surface area contributed by atoms with Crippen molar-refractivity contribution in [1.82, 2.24) is 5.32 Å². The maximum absolute atomic E-state index is 11.4. The molecule has 21 heavy (non-hydrogen) atoms. The monoisotopic (exact) mass is 293 g/mol. The average molecular weight is 293 g/mol. The molecule has 116 valence electrons. The first-order valence-electron chi connectivity index (χ1n) is 7.12. The van der Waals surface area contributed by atoms with E-state index in [9.17, 15) is 9.59 Å². The molecule has 0 radical (unpaired) electrons. The van der Waals surface area contributed by atoms with Gasteiger partial charge in [-0.1, -0.05) is 0 Å². The van der Waals surface area contributed by atoms with Crippen LogP contribution < -0.4 is 10.1 Å². The van der Waals surface area contributed by atoms with E-state index in [4.69, 9.17) is 9.47 Å². The molecule has 5 heteroatoms. The fraction of sp³-hybridized carbons (Fsp3) is 0.500. The van der Waals surface area contributed by atoms with Crippen molar-refractivity contribution in [3.63, 3.8) is 0 Å². The fourth-order valence-corrected chi connectivity index (χ4v) is 1.95. The minimum Gasteiger partial charge on any atom is -0.496 e. The summed E-state index contributed by atoms with van der Waals surface area (Å²) in [5.41, 5.74) is 1.60. The summed E-state index contributed by atoms with van der Waals surface area (Å²) in [6, 6.07) is 5.39. The van der Waals surface area contributed by atoms with Crippen LogP contribution in [0.5, 0.6) is 5.75 Å². The second-order valence-electron chi connectivity index (χ2n) is 4.67. The summed E-state index contributed by atoms with van der Waals surface area (Å²) in [6.07, 6.45) is 1.12. The summed E-state index contributed by atoms with van der Waals surface area (Å²) in [7, 11) is 1.60. The quantitative estimate of drug-likeness (QED) is 0.430. The van der Waals surface area contributed by atoms with Gasteiger partial charge in [-0.25, -0.2) is 0 Å². The van der Waals surface area contributed by atoms with Crippen molar-refractivity contribution in [3.05, 3.63) is 29.3 Å². The Morgan fingerprint density at radius 3 is 2.67 bits per heavy atom. The SMILES string of the molecule is CCOC(=O)CCCNCc1cc(C(C)=O)ccc1OC. The number of carbonyl (C=O) groups is 2. The number of rotatable bonds is 9. The van der Waals surface area contributed by atoms with E-state index in [1.807, 2.05) is 6.07 Å². The highest BCUT2D eigenvalue weighted by Crippen LogP contribution is 2.20. The predicted octanol–water partition coefficient (Wildman–Crippen LogP) is 2.33. The third kappa shape index (κ3) is 5.95. The topological polar surface area (TPSA) is 64.6 Å². The Kier molecular flexibility index (Phi) is 7.46. The van der Waals surface area contributed by atoms with Crippen LogP contribution in [0, 0.1) is 0 Å². The average Bonchev–Trinajstić information content (AvgIpc) is 2.46. The van der Waals surface area contributed by atoms with E-state index in [1.165, 1.54) is 0 Å². The van der Waals surface area contributed by atoms with Crippen LogP contribution in [-0.4, -0.2) is 32.0 Å². The standard InChI is InChI=1S/C16H23NO4/c1-4-21-16(19)6-5-9-17-11-14-10-13(12(2)18)7-8-15(14)20-3/h7-8,10,17H,4-6,9,11H2,1-3H3. The molecule has 1 rings (SSSR count). The van der Waals surface area contributed by atoms with Crippen LogP contribution in [0.4, 0.5) is 0 Å². The van der Waals surface area contributed by atoms with Gasteiger partial charge in [0.15, 0.2) is 5.78 Å². The maximum Gasteiger partial charge on any atom is 0.305 e. The van der Waals surface area contributed by atoms with Gasteiger partial charge in [0, 0.05) is 24.1 Å². The van der Waals surface area contributed by atoms with Gasteiger partial charge in [0.1, 0.15) is 5.75 Å². The zero-order valence-electron chi connectivity index (χ0n) is 12.9. The first-order valence-corrected chi connectivity index (χ1v) is 7.12. The molecule has 1 N–H and O–H groups in total. The minimum absolute atomic E-state index is 0.0289. The van der Waals surface area contributed by atoms with Gasteiger partial charge >= 0.3 is 5.97 Å². The molecular weight excluding hydrogens is 270 g/mol. The van der Waals surface area contributed by atoms with Crippen molar-refractivity contribution >= 4 is 11.8 Å². The Morgan fingerprint density at radius 2 is 2.05 bits per heavy atom. The second kappa shape index (κ2) is 9.13. The molecule has 0 saturated heterocycles. The third-order valence-corrected chi connectivity index (χ3v) is 3.04. The Morgan fingerprint density at radius 1 is 1.29 bits per heavy atom. The highest BCUT2D eigenvalue weighted by molar-refractivity contribution is 5.94. The van der Waals surface area contributed by atoms with Gasteiger partial charge in [0.25, 0.3) is 0 Å². The Labute approximate surface area is 125 Å². The van der Waals surface area contributed by atoms with Crippen LogP contribution in [-0.2, 0) is 16.1 Å². The van der Waals surface area contributed by atoms with Gasteiger partial charge in [0.2, 0.25) is 0 Å². The Balaban J connectivity index is 2.45. The van der Waals surface area contributed by atoms with E-state index >= 15 is 0 Å². The number of ketones is 1. The molecule has 0 aliphatic carbocycles. The number of methoxy groups -OCH3 is 1. The van der Waals surface area contributed by atoms with Crippen molar-refractivity contribution < 1.29 is 19.1 Å². The van der Waals surface area contributed by atoms with Crippen molar-refractivity contribution in [2.24, 2.45) is 0 Å². The number of ether oxygens (including phenoxy) is 2. The summed E-state index contributed by atoms with van der Waals surface area (Å²) >= 11 is 0.